The Kier molecular flexibility index (Phi) is 4.44. The van der Waals surface area contributed by atoms with Crippen molar-refractivity contribution in [3.05, 3.63) is 52.5 Å². The van der Waals surface area contributed by atoms with Gasteiger partial charge in [-0.25, -0.2) is 13.8 Å². The van der Waals surface area contributed by atoms with Crippen LogP contribution in [0, 0.1) is 18.6 Å². The molecule has 0 atom stereocenters. The van der Waals surface area contributed by atoms with E-state index in [0.717, 1.165) is 23.4 Å². The molecule has 1 heterocycles. The number of carbonyl (C=O) groups excluding carboxylic acids is 1. The fourth-order valence-corrected chi connectivity index (χ4v) is 3.12. The number of carbonyl (C=O) groups is 1. The summed E-state index contributed by atoms with van der Waals surface area (Å²) in [6.07, 6.45) is 0. The van der Waals surface area contributed by atoms with E-state index in [9.17, 15) is 13.6 Å². The molecule has 1 aromatic heterocycles. The largest absolute Gasteiger partial charge is 0.486 e. The number of hydrogen-bond acceptors (Lipinski definition) is 4. The normalized spacial score (nSPS) is 10.8. The number of nitrogens with zero attached hydrogens (tertiary/aromatic N) is 1. The van der Waals surface area contributed by atoms with E-state index in [-0.39, 0.29) is 12.5 Å². The smallest absolute Gasteiger partial charge is 0.221 e. The molecule has 0 fully saturated rings. The van der Waals surface area contributed by atoms with E-state index in [1.165, 1.54) is 18.3 Å². The van der Waals surface area contributed by atoms with Crippen LogP contribution in [0.1, 0.15) is 17.5 Å². The summed E-state index contributed by atoms with van der Waals surface area (Å²) in [4.78, 5) is 15.3. The number of nitrogens with one attached hydrogen (secondary N) is 1. The fraction of sp³-hybridized carbons (Fsp3) is 0.176. The van der Waals surface area contributed by atoms with E-state index in [4.69, 9.17) is 4.74 Å². The third-order valence-electron chi connectivity index (χ3n) is 3.35. The summed E-state index contributed by atoms with van der Waals surface area (Å²) in [5.74, 6) is -1.31. The van der Waals surface area contributed by atoms with Gasteiger partial charge in [-0.3, -0.25) is 4.79 Å². The quantitative estimate of drug-likeness (QED) is 0.759. The zero-order valence-electron chi connectivity index (χ0n) is 13.0. The Morgan fingerprint density at radius 1 is 1.25 bits per heavy atom. The van der Waals surface area contributed by atoms with Crippen molar-refractivity contribution >= 4 is 33.1 Å². The van der Waals surface area contributed by atoms with Gasteiger partial charge in [0.2, 0.25) is 5.91 Å². The van der Waals surface area contributed by atoms with Crippen molar-refractivity contribution in [3.8, 4) is 5.75 Å². The highest BCUT2D eigenvalue weighted by Crippen LogP contribution is 2.26. The van der Waals surface area contributed by atoms with Crippen LogP contribution in [0.5, 0.6) is 5.75 Å². The lowest BCUT2D eigenvalue weighted by Crippen LogP contribution is -2.07. The SMILES string of the molecule is CC(=O)Nc1ccc(OCc2nc3cc(F)c(F)cc3s2)cc1C. The summed E-state index contributed by atoms with van der Waals surface area (Å²) in [6.45, 7) is 3.51. The van der Waals surface area contributed by atoms with Crippen molar-refractivity contribution in [1.29, 1.82) is 0 Å². The molecule has 124 valence electrons. The first kappa shape index (κ1) is 16.3. The van der Waals surface area contributed by atoms with Gasteiger partial charge >= 0.3 is 0 Å². The summed E-state index contributed by atoms with van der Waals surface area (Å²) in [5, 5.41) is 3.35. The predicted molar refractivity (Wildman–Crippen MR) is 89.4 cm³/mol. The zero-order chi connectivity index (χ0) is 17.3. The molecule has 0 radical (unpaired) electrons. The lowest BCUT2D eigenvalue weighted by molar-refractivity contribution is -0.114. The van der Waals surface area contributed by atoms with Gasteiger partial charge in [-0.2, -0.15) is 0 Å². The molecule has 0 saturated carbocycles. The Morgan fingerprint density at radius 2 is 2.00 bits per heavy atom. The molecular weight excluding hydrogens is 334 g/mol. The summed E-state index contributed by atoms with van der Waals surface area (Å²) in [6, 6.07) is 7.52. The Morgan fingerprint density at radius 3 is 2.71 bits per heavy atom. The molecule has 2 aromatic carbocycles. The Balaban J connectivity index is 1.73. The number of rotatable bonds is 4. The lowest BCUT2D eigenvalue weighted by Gasteiger charge is -2.09. The van der Waals surface area contributed by atoms with E-state index < -0.39 is 11.6 Å². The summed E-state index contributed by atoms with van der Waals surface area (Å²) < 4.78 is 32.7. The van der Waals surface area contributed by atoms with Gasteiger partial charge in [-0.15, -0.1) is 11.3 Å². The van der Waals surface area contributed by atoms with Crippen molar-refractivity contribution in [3.63, 3.8) is 0 Å². The number of aryl methyl sites for hydroxylation is 1. The Labute approximate surface area is 141 Å². The van der Waals surface area contributed by atoms with Gasteiger partial charge in [-0.1, -0.05) is 0 Å². The third kappa shape index (κ3) is 3.51. The van der Waals surface area contributed by atoms with Gasteiger partial charge in [0.1, 0.15) is 17.4 Å². The second-order valence-electron chi connectivity index (χ2n) is 5.29. The van der Waals surface area contributed by atoms with Crippen molar-refractivity contribution in [2.75, 3.05) is 5.32 Å². The van der Waals surface area contributed by atoms with Crippen LogP contribution in [-0.4, -0.2) is 10.9 Å². The number of amides is 1. The van der Waals surface area contributed by atoms with Crippen LogP contribution in [0.2, 0.25) is 0 Å². The molecule has 0 saturated heterocycles. The van der Waals surface area contributed by atoms with E-state index in [2.05, 4.69) is 10.3 Å². The molecule has 3 rings (SSSR count). The Bertz CT molecular complexity index is 885. The number of fused-ring (bicyclic) bond motifs is 1. The molecule has 0 aliphatic carbocycles. The highest BCUT2D eigenvalue weighted by Gasteiger charge is 2.10. The van der Waals surface area contributed by atoms with Crippen LogP contribution in [0.15, 0.2) is 30.3 Å². The van der Waals surface area contributed by atoms with Crippen LogP contribution in [0.25, 0.3) is 10.2 Å². The second-order valence-corrected chi connectivity index (χ2v) is 6.40. The van der Waals surface area contributed by atoms with Crippen molar-refractivity contribution in [1.82, 2.24) is 4.98 Å². The summed E-state index contributed by atoms with van der Waals surface area (Å²) >= 11 is 1.26. The monoisotopic (exact) mass is 348 g/mol. The molecule has 1 N–H and O–H groups in total. The first-order valence-corrected chi connectivity index (χ1v) is 7.99. The van der Waals surface area contributed by atoms with E-state index >= 15 is 0 Å². The number of benzene rings is 2. The third-order valence-corrected chi connectivity index (χ3v) is 4.34. The molecular formula is C17H14F2N2O2S. The minimum Gasteiger partial charge on any atom is -0.486 e. The van der Waals surface area contributed by atoms with Crippen LogP contribution >= 0.6 is 11.3 Å². The molecule has 7 heteroatoms. The maximum absolute atomic E-state index is 13.2. The number of halogens is 2. The maximum Gasteiger partial charge on any atom is 0.221 e. The number of hydrogen-bond donors (Lipinski definition) is 1. The highest BCUT2D eigenvalue weighted by molar-refractivity contribution is 7.18. The van der Waals surface area contributed by atoms with Gasteiger partial charge in [-0.05, 0) is 36.8 Å². The number of ether oxygens (including phenoxy) is 1. The van der Waals surface area contributed by atoms with Crippen LogP contribution in [0.4, 0.5) is 14.5 Å². The maximum atomic E-state index is 13.2. The van der Waals surface area contributed by atoms with Crippen LogP contribution < -0.4 is 10.1 Å². The van der Waals surface area contributed by atoms with E-state index in [1.54, 1.807) is 18.2 Å². The average Bonchev–Trinajstić information content (AvgIpc) is 2.89. The standard InChI is InChI=1S/C17H14F2N2O2S/c1-9-5-11(3-4-14(9)20-10(2)22)23-8-17-21-15-6-12(18)13(19)7-16(15)24-17/h3-7H,8H2,1-2H3,(H,20,22). The zero-order valence-corrected chi connectivity index (χ0v) is 13.8. The lowest BCUT2D eigenvalue weighted by atomic mass is 10.2. The van der Waals surface area contributed by atoms with Crippen LogP contribution in [-0.2, 0) is 11.4 Å². The second kappa shape index (κ2) is 6.52. The molecule has 4 nitrogen and oxygen atoms in total. The van der Waals surface area contributed by atoms with Gasteiger partial charge in [0.25, 0.3) is 0 Å². The fourth-order valence-electron chi connectivity index (χ4n) is 2.23. The van der Waals surface area contributed by atoms with E-state index in [1.807, 2.05) is 6.92 Å². The minimum atomic E-state index is -0.913. The van der Waals surface area contributed by atoms with Gasteiger partial charge < -0.3 is 10.1 Å². The molecule has 0 aliphatic heterocycles. The minimum absolute atomic E-state index is 0.138. The summed E-state index contributed by atoms with van der Waals surface area (Å²) in [7, 11) is 0. The number of thiazole rings is 1. The topological polar surface area (TPSA) is 51.2 Å². The molecule has 0 aliphatic rings. The number of aromatic nitrogens is 1. The first-order valence-electron chi connectivity index (χ1n) is 7.18. The average molecular weight is 348 g/mol. The van der Waals surface area contributed by atoms with Gasteiger partial charge in [0.15, 0.2) is 11.6 Å². The molecule has 0 unspecified atom stereocenters. The van der Waals surface area contributed by atoms with E-state index in [0.29, 0.717) is 21.0 Å². The van der Waals surface area contributed by atoms with Crippen LogP contribution in [0.3, 0.4) is 0 Å². The molecule has 0 spiro atoms. The number of anilines is 1. The first-order chi connectivity index (χ1) is 11.4. The summed E-state index contributed by atoms with van der Waals surface area (Å²) in [5.41, 5.74) is 2.01. The highest BCUT2D eigenvalue weighted by atomic mass is 32.1. The molecule has 24 heavy (non-hydrogen) atoms. The Hall–Kier alpha value is -2.54. The molecule has 3 aromatic rings. The van der Waals surface area contributed by atoms with Gasteiger partial charge in [0, 0.05) is 18.7 Å². The molecule has 1 amide bonds. The van der Waals surface area contributed by atoms with Crippen molar-refractivity contribution in [2.45, 2.75) is 20.5 Å². The van der Waals surface area contributed by atoms with Crippen molar-refractivity contribution < 1.29 is 18.3 Å². The van der Waals surface area contributed by atoms with Gasteiger partial charge in [0.05, 0.1) is 10.2 Å². The van der Waals surface area contributed by atoms with Crippen molar-refractivity contribution in [2.24, 2.45) is 0 Å². The molecule has 0 bridgehead atoms. The predicted octanol–water partition coefficient (Wildman–Crippen LogP) is 4.42.